The zero-order valence-electron chi connectivity index (χ0n) is 20.5. The van der Waals surface area contributed by atoms with E-state index in [-0.39, 0.29) is 17.5 Å². The SMILES string of the molecule is CCOc1ccc(F)c([C@H](Nc2ccc3c(N)nccc3c2)C(=O)N2CCC[C@@H]2c2ccccc2S)c1. The number of rotatable bonds is 7. The first kappa shape index (κ1) is 24.9. The molecular weight excluding hydrogens is 487 g/mol. The fourth-order valence-electron chi connectivity index (χ4n) is 5.02. The van der Waals surface area contributed by atoms with Crippen LogP contribution in [0, 0.1) is 5.82 Å². The Labute approximate surface area is 221 Å². The van der Waals surface area contributed by atoms with Gasteiger partial charge in [0.05, 0.1) is 12.6 Å². The highest BCUT2D eigenvalue weighted by molar-refractivity contribution is 7.80. The summed E-state index contributed by atoms with van der Waals surface area (Å²) < 4.78 is 20.9. The van der Waals surface area contributed by atoms with Crippen LogP contribution in [-0.4, -0.2) is 28.9 Å². The van der Waals surface area contributed by atoms with Crippen molar-refractivity contribution in [1.82, 2.24) is 9.88 Å². The Morgan fingerprint density at radius 1 is 1.22 bits per heavy atom. The van der Waals surface area contributed by atoms with Crippen molar-refractivity contribution in [3.63, 3.8) is 0 Å². The summed E-state index contributed by atoms with van der Waals surface area (Å²) in [7, 11) is 0. The third kappa shape index (κ3) is 5.06. The Morgan fingerprint density at radius 2 is 2.05 bits per heavy atom. The molecule has 3 aromatic carbocycles. The molecule has 1 aromatic heterocycles. The minimum Gasteiger partial charge on any atom is -0.494 e. The van der Waals surface area contributed by atoms with E-state index in [2.05, 4.69) is 22.9 Å². The van der Waals surface area contributed by atoms with Gasteiger partial charge < -0.3 is 20.7 Å². The van der Waals surface area contributed by atoms with Crippen molar-refractivity contribution >= 4 is 40.8 Å². The van der Waals surface area contributed by atoms with Gasteiger partial charge in [-0.3, -0.25) is 4.79 Å². The predicted octanol–water partition coefficient (Wildman–Crippen LogP) is 6.16. The number of likely N-dealkylation sites (tertiary alicyclic amines) is 1. The summed E-state index contributed by atoms with van der Waals surface area (Å²) in [4.78, 5) is 21.0. The maximum absolute atomic E-state index is 15.3. The van der Waals surface area contributed by atoms with Crippen LogP contribution in [0.25, 0.3) is 10.8 Å². The molecule has 6 nitrogen and oxygen atoms in total. The highest BCUT2D eigenvalue weighted by atomic mass is 32.1. The number of halogens is 1. The number of carbonyl (C=O) groups is 1. The number of fused-ring (bicyclic) bond motifs is 1. The van der Waals surface area contributed by atoms with Gasteiger partial charge in [0, 0.05) is 34.3 Å². The van der Waals surface area contributed by atoms with Crippen LogP contribution in [-0.2, 0) is 4.79 Å². The number of aromatic nitrogens is 1. The molecule has 8 heteroatoms. The molecule has 0 spiro atoms. The number of carbonyl (C=O) groups excluding carboxylic acids is 1. The molecule has 0 unspecified atom stereocenters. The molecule has 1 aliphatic heterocycles. The number of nitrogen functional groups attached to an aromatic ring is 1. The number of amides is 1. The van der Waals surface area contributed by atoms with E-state index in [1.54, 1.807) is 18.3 Å². The fraction of sp³-hybridized carbons (Fsp3) is 0.241. The van der Waals surface area contributed by atoms with Crippen LogP contribution in [0.15, 0.2) is 77.8 Å². The van der Waals surface area contributed by atoms with Gasteiger partial charge >= 0.3 is 0 Å². The molecule has 1 amide bonds. The average Bonchev–Trinajstić information content (AvgIpc) is 3.38. The van der Waals surface area contributed by atoms with Crippen molar-refractivity contribution in [2.75, 3.05) is 24.2 Å². The first-order valence-corrected chi connectivity index (χ1v) is 12.8. The molecular formula is C29H29FN4O2S. The topological polar surface area (TPSA) is 80.5 Å². The van der Waals surface area contributed by atoms with Gasteiger partial charge in [0.25, 0.3) is 0 Å². The van der Waals surface area contributed by atoms with Gasteiger partial charge in [-0.1, -0.05) is 18.2 Å². The molecule has 0 radical (unpaired) electrons. The molecule has 0 saturated carbocycles. The summed E-state index contributed by atoms with van der Waals surface area (Å²) in [6.07, 6.45) is 3.31. The monoisotopic (exact) mass is 516 g/mol. The molecule has 190 valence electrons. The van der Waals surface area contributed by atoms with Crippen LogP contribution in [0.5, 0.6) is 5.75 Å². The number of anilines is 2. The molecule has 2 atom stereocenters. The fourth-order valence-corrected chi connectivity index (χ4v) is 5.33. The summed E-state index contributed by atoms with van der Waals surface area (Å²) >= 11 is 4.63. The van der Waals surface area contributed by atoms with Crippen molar-refractivity contribution in [1.29, 1.82) is 0 Å². The number of pyridine rings is 1. The number of nitrogens with one attached hydrogen (secondary N) is 1. The minimum absolute atomic E-state index is 0.133. The van der Waals surface area contributed by atoms with E-state index in [0.717, 1.165) is 34.1 Å². The third-order valence-corrected chi connectivity index (χ3v) is 7.18. The zero-order chi connectivity index (χ0) is 25.9. The number of ether oxygens (including phenoxy) is 1. The Kier molecular flexibility index (Phi) is 7.19. The molecule has 1 saturated heterocycles. The summed E-state index contributed by atoms with van der Waals surface area (Å²) in [5.74, 6) is 0.252. The van der Waals surface area contributed by atoms with Gasteiger partial charge in [-0.2, -0.15) is 0 Å². The molecule has 1 aliphatic rings. The smallest absolute Gasteiger partial charge is 0.250 e. The van der Waals surface area contributed by atoms with Gasteiger partial charge in [-0.15, -0.1) is 12.6 Å². The molecule has 0 aliphatic carbocycles. The number of hydrogen-bond acceptors (Lipinski definition) is 6. The van der Waals surface area contributed by atoms with E-state index < -0.39 is 11.9 Å². The van der Waals surface area contributed by atoms with E-state index in [9.17, 15) is 4.79 Å². The molecule has 0 bridgehead atoms. The Bertz CT molecular complexity index is 1450. The van der Waals surface area contributed by atoms with Gasteiger partial charge in [-0.25, -0.2) is 9.37 Å². The van der Waals surface area contributed by atoms with Crippen LogP contribution in [0.3, 0.4) is 0 Å². The highest BCUT2D eigenvalue weighted by Gasteiger charge is 2.36. The Hall–Kier alpha value is -3.78. The number of hydrogen-bond donors (Lipinski definition) is 3. The molecule has 3 N–H and O–H groups in total. The van der Waals surface area contributed by atoms with Crippen molar-refractivity contribution in [3.8, 4) is 5.75 Å². The molecule has 1 fully saturated rings. The van der Waals surface area contributed by atoms with Gasteiger partial charge in [-0.05, 0) is 79.2 Å². The van der Waals surface area contributed by atoms with Crippen molar-refractivity contribution in [2.24, 2.45) is 0 Å². The van der Waals surface area contributed by atoms with Crippen LogP contribution in [0.2, 0.25) is 0 Å². The van der Waals surface area contributed by atoms with Gasteiger partial charge in [0.2, 0.25) is 5.91 Å². The first-order valence-electron chi connectivity index (χ1n) is 12.4. The molecule has 2 heterocycles. The minimum atomic E-state index is -0.968. The summed E-state index contributed by atoms with van der Waals surface area (Å²) in [6, 6.07) is 18.7. The Morgan fingerprint density at radius 3 is 2.86 bits per heavy atom. The number of nitrogens with two attached hydrogens (primary N) is 1. The predicted molar refractivity (Wildman–Crippen MR) is 147 cm³/mol. The molecule has 4 aromatic rings. The number of benzene rings is 3. The maximum Gasteiger partial charge on any atom is 0.250 e. The van der Waals surface area contributed by atoms with E-state index >= 15 is 4.39 Å². The van der Waals surface area contributed by atoms with Gasteiger partial charge in [0.15, 0.2) is 0 Å². The molecule has 5 rings (SSSR count). The van der Waals surface area contributed by atoms with Crippen molar-refractivity contribution < 1.29 is 13.9 Å². The first-order chi connectivity index (χ1) is 18.0. The number of nitrogens with zero attached hydrogens (tertiary/aromatic N) is 2. The second-order valence-corrected chi connectivity index (χ2v) is 9.56. The lowest BCUT2D eigenvalue weighted by atomic mass is 10.0. The lowest BCUT2D eigenvalue weighted by Crippen LogP contribution is -2.38. The van der Waals surface area contributed by atoms with Gasteiger partial charge in [0.1, 0.15) is 23.4 Å². The normalized spacial score (nSPS) is 16.1. The van der Waals surface area contributed by atoms with Crippen LogP contribution < -0.4 is 15.8 Å². The van der Waals surface area contributed by atoms with E-state index in [4.69, 9.17) is 10.5 Å². The zero-order valence-corrected chi connectivity index (χ0v) is 21.4. The standard InChI is InChI=1S/C29H29FN4O2S/c1-2-36-20-10-12-24(30)23(17-20)27(33-19-9-11-21-18(16-19)13-14-32-28(21)31)29(35)34-15-5-7-25(34)22-6-3-4-8-26(22)37/h3-4,6,8-14,16-17,25,27,33,37H,2,5,7,15H2,1H3,(H2,31,32)/t25-,27+/m1/s1. The van der Waals surface area contributed by atoms with Crippen LogP contribution in [0.1, 0.15) is 43.0 Å². The van der Waals surface area contributed by atoms with Crippen molar-refractivity contribution in [2.45, 2.75) is 36.7 Å². The Balaban J connectivity index is 1.55. The lowest BCUT2D eigenvalue weighted by molar-refractivity contribution is -0.133. The molecule has 37 heavy (non-hydrogen) atoms. The highest BCUT2D eigenvalue weighted by Crippen LogP contribution is 2.38. The largest absolute Gasteiger partial charge is 0.494 e. The summed E-state index contributed by atoms with van der Waals surface area (Å²) in [6.45, 7) is 2.88. The maximum atomic E-state index is 15.3. The quantitative estimate of drug-likeness (QED) is 0.256. The van der Waals surface area contributed by atoms with E-state index in [1.165, 1.54) is 6.07 Å². The van der Waals surface area contributed by atoms with Crippen LogP contribution in [0.4, 0.5) is 15.9 Å². The second kappa shape index (κ2) is 10.7. The average molecular weight is 517 g/mol. The summed E-state index contributed by atoms with van der Waals surface area (Å²) in [5.41, 5.74) is 7.91. The van der Waals surface area contributed by atoms with Crippen LogP contribution >= 0.6 is 12.6 Å². The number of thiol groups is 1. The van der Waals surface area contributed by atoms with Crippen molar-refractivity contribution in [3.05, 3.63) is 89.9 Å². The lowest BCUT2D eigenvalue weighted by Gasteiger charge is -2.31. The third-order valence-electron chi connectivity index (χ3n) is 6.77. The second-order valence-electron chi connectivity index (χ2n) is 9.07. The summed E-state index contributed by atoms with van der Waals surface area (Å²) in [5, 5.41) is 4.99. The van der Waals surface area contributed by atoms with E-state index in [0.29, 0.717) is 30.4 Å². The van der Waals surface area contributed by atoms with E-state index in [1.807, 2.05) is 60.4 Å².